The van der Waals surface area contributed by atoms with Crippen LogP contribution in [0.2, 0.25) is 0 Å². The first-order valence-electron chi connectivity index (χ1n) is 10.3. The van der Waals surface area contributed by atoms with Crippen LogP contribution in [0, 0.1) is 30.3 Å². The number of unbranched alkanes of at least 4 members (excludes halogenated alkanes) is 2. The highest BCUT2D eigenvalue weighted by Gasteiger charge is 2.30. The Morgan fingerprint density at radius 3 is 1.61 bits per heavy atom. The predicted octanol–water partition coefficient (Wildman–Crippen LogP) is 4.21. The van der Waals surface area contributed by atoms with Crippen molar-refractivity contribution in [3.8, 4) is 5.75 Å². The third-order valence-electron chi connectivity index (χ3n) is 4.66. The number of aliphatic hydroxyl groups excluding tert-OH is 1. The number of hydrogen-bond acceptors (Lipinski definition) is 9. The number of non-ortho nitro benzene ring substituents is 1. The average Bonchev–Trinajstić information content (AvgIpc) is 2.73. The molecule has 1 aromatic rings. The van der Waals surface area contributed by atoms with Crippen LogP contribution in [0.1, 0.15) is 65.7 Å². The summed E-state index contributed by atoms with van der Waals surface area (Å²) in [6.45, 7) is 6.87. The molecule has 0 aliphatic carbocycles. The lowest BCUT2D eigenvalue weighted by atomic mass is 10.0. The smallest absolute Gasteiger partial charge is 0.324 e. The lowest BCUT2D eigenvalue weighted by molar-refractivity contribution is -0.404. The van der Waals surface area contributed by atoms with Crippen molar-refractivity contribution in [2.24, 2.45) is 0 Å². The summed E-state index contributed by atoms with van der Waals surface area (Å²) in [5, 5.41) is 53.0. The Morgan fingerprint density at radius 2 is 1.32 bits per heavy atom. The van der Waals surface area contributed by atoms with Gasteiger partial charge in [0, 0.05) is 12.1 Å². The molecule has 0 aliphatic rings. The first-order chi connectivity index (χ1) is 14.6. The molecule has 12 heteroatoms. The van der Waals surface area contributed by atoms with E-state index in [0.717, 1.165) is 6.42 Å². The van der Waals surface area contributed by atoms with E-state index in [9.17, 15) is 30.3 Å². The van der Waals surface area contributed by atoms with Gasteiger partial charge in [-0.2, -0.15) is 0 Å². The number of nitrogens with one attached hydrogen (secondary N) is 1. The molecule has 0 fully saturated rings. The van der Waals surface area contributed by atoms with Gasteiger partial charge in [-0.05, 0) is 19.3 Å². The highest BCUT2D eigenvalue weighted by Crippen LogP contribution is 2.38. The number of hydrogen-bond donors (Lipinski definition) is 3. The molecule has 1 aromatic carbocycles. The van der Waals surface area contributed by atoms with Crippen molar-refractivity contribution < 1.29 is 25.0 Å². The van der Waals surface area contributed by atoms with Crippen molar-refractivity contribution in [2.75, 3.05) is 6.61 Å². The van der Waals surface area contributed by atoms with Crippen molar-refractivity contribution in [1.29, 1.82) is 0 Å². The number of aliphatic hydroxyl groups is 1. The minimum absolute atomic E-state index is 0.269. The van der Waals surface area contributed by atoms with Gasteiger partial charge in [0.2, 0.25) is 0 Å². The van der Waals surface area contributed by atoms with E-state index in [4.69, 9.17) is 10.2 Å². The SMILES string of the molecule is CCCCC(CCCC)NC(CC)CO.O=[N+]([O-])c1cc([N+](=O)[O-])c(O)c([N+](=O)[O-])c1. The van der Waals surface area contributed by atoms with E-state index >= 15 is 0 Å². The number of benzene rings is 1. The Bertz CT molecular complexity index is 682. The number of phenols is 1. The summed E-state index contributed by atoms with van der Waals surface area (Å²) < 4.78 is 0. The van der Waals surface area contributed by atoms with Crippen LogP contribution in [0.3, 0.4) is 0 Å². The molecule has 31 heavy (non-hydrogen) atoms. The molecule has 0 heterocycles. The zero-order valence-electron chi connectivity index (χ0n) is 18.2. The Morgan fingerprint density at radius 1 is 0.871 bits per heavy atom. The van der Waals surface area contributed by atoms with Crippen LogP contribution in [0.4, 0.5) is 17.1 Å². The highest BCUT2D eigenvalue weighted by molar-refractivity contribution is 5.64. The number of rotatable bonds is 13. The lowest BCUT2D eigenvalue weighted by Gasteiger charge is -2.23. The number of aromatic hydroxyl groups is 1. The molecule has 176 valence electrons. The number of nitrogens with zero attached hydrogens (tertiary/aromatic N) is 3. The summed E-state index contributed by atoms with van der Waals surface area (Å²) in [7, 11) is 0. The van der Waals surface area contributed by atoms with Crippen molar-refractivity contribution in [3.05, 3.63) is 42.5 Å². The molecular formula is C19H32N4O8. The number of nitro benzene ring substituents is 3. The van der Waals surface area contributed by atoms with Gasteiger partial charge < -0.3 is 15.5 Å². The van der Waals surface area contributed by atoms with Gasteiger partial charge in [0.15, 0.2) is 0 Å². The van der Waals surface area contributed by atoms with Gasteiger partial charge in [-0.25, -0.2) is 0 Å². The van der Waals surface area contributed by atoms with Gasteiger partial charge in [0.25, 0.3) is 11.4 Å². The van der Waals surface area contributed by atoms with Gasteiger partial charge in [-0.3, -0.25) is 30.3 Å². The summed E-state index contributed by atoms with van der Waals surface area (Å²) >= 11 is 0. The van der Waals surface area contributed by atoms with Gasteiger partial charge >= 0.3 is 11.4 Å². The molecule has 0 bridgehead atoms. The van der Waals surface area contributed by atoms with Crippen LogP contribution in [-0.4, -0.2) is 43.7 Å². The fourth-order valence-corrected chi connectivity index (χ4v) is 2.82. The molecule has 1 atom stereocenters. The lowest BCUT2D eigenvalue weighted by Crippen LogP contribution is -2.40. The summed E-state index contributed by atoms with van der Waals surface area (Å²) in [4.78, 5) is 27.8. The molecule has 0 amide bonds. The third kappa shape index (κ3) is 10.1. The average molecular weight is 444 g/mol. The molecule has 0 radical (unpaired) electrons. The van der Waals surface area contributed by atoms with E-state index in [2.05, 4.69) is 26.1 Å². The van der Waals surface area contributed by atoms with E-state index in [-0.39, 0.29) is 6.61 Å². The van der Waals surface area contributed by atoms with E-state index in [1.54, 1.807) is 0 Å². The van der Waals surface area contributed by atoms with Crippen molar-refractivity contribution in [2.45, 2.75) is 77.8 Å². The molecule has 0 spiro atoms. The Hall–Kier alpha value is -2.86. The fourth-order valence-electron chi connectivity index (χ4n) is 2.82. The first-order valence-corrected chi connectivity index (χ1v) is 10.3. The molecule has 12 nitrogen and oxygen atoms in total. The highest BCUT2D eigenvalue weighted by atomic mass is 16.6. The van der Waals surface area contributed by atoms with Crippen LogP contribution in [0.5, 0.6) is 5.75 Å². The van der Waals surface area contributed by atoms with Crippen LogP contribution >= 0.6 is 0 Å². The minimum Gasteiger partial charge on any atom is -0.497 e. The van der Waals surface area contributed by atoms with E-state index in [0.29, 0.717) is 24.2 Å². The third-order valence-corrected chi connectivity index (χ3v) is 4.66. The summed E-state index contributed by atoms with van der Waals surface area (Å²) in [6, 6.07) is 1.80. The van der Waals surface area contributed by atoms with E-state index < -0.39 is 37.6 Å². The second-order valence-electron chi connectivity index (χ2n) is 7.04. The molecule has 0 aromatic heterocycles. The minimum atomic E-state index is -1.21. The number of phenolic OH excluding ortho intramolecular Hbond substituents is 1. The van der Waals surface area contributed by atoms with Crippen LogP contribution in [0.25, 0.3) is 0 Å². The zero-order chi connectivity index (χ0) is 24.0. The fraction of sp³-hybridized carbons (Fsp3) is 0.684. The second-order valence-corrected chi connectivity index (χ2v) is 7.04. The molecule has 0 aliphatic heterocycles. The quantitative estimate of drug-likeness (QED) is 0.296. The molecule has 0 saturated carbocycles. The van der Waals surface area contributed by atoms with Crippen LogP contribution < -0.4 is 5.32 Å². The molecule has 0 saturated heterocycles. The van der Waals surface area contributed by atoms with E-state index in [1.165, 1.54) is 38.5 Å². The van der Waals surface area contributed by atoms with Crippen LogP contribution in [0.15, 0.2) is 12.1 Å². The van der Waals surface area contributed by atoms with Gasteiger partial charge in [-0.15, -0.1) is 0 Å². The maximum Gasteiger partial charge on any atom is 0.324 e. The molecule has 3 N–H and O–H groups in total. The van der Waals surface area contributed by atoms with Crippen molar-refractivity contribution in [3.63, 3.8) is 0 Å². The first kappa shape index (κ1) is 28.1. The maximum atomic E-state index is 10.4. The Balaban J connectivity index is 0.000000582. The topological polar surface area (TPSA) is 182 Å². The predicted molar refractivity (Wildman–Crippen MR) is 115 cm³/mol. The largest absolute Gasteiger partial charge is 0.497 e. The van der Waals surface area contributed by atoms with Crippen molar-refractivity contribution in [1.82, 2.24) is 5.32 Å². The monoisotopic (exact) mass is 444 g/mol. The Labute approximate surface area is 180 Å². The zero-order valence-corrected chi connectivity index (χ0v) is 18.2. The Kier molecular flexibility index (Phi) is 13.6. The molecule has 1 rings (SSSR count). The summed E-state index contributed by atoms with van der Waals surface area (Å²) in [6.07, 6.45) is 8.65. The van der Waals surface area contributed by atoms with Crippen LogP contribution in [-0.2, 0) is 0 Å². The maximum absolute atomic E-state index is 10.4. The second kappa shape index (κ2) is 15.0. The normalized spacial score (nSPS) is 11.5. The molecular weight excluding hydrogens is 412 g/mol. The van der Waals surface area contributed by atoms with Gasteiger partial charge in [0.05, 0.1) is 33.5 Å². The summed E-state index contributed by atoms with van der Waals surface area (Å²) in [5.41, 5.74) is -3.00. The van der Waals surface area contributed by atoms with Gasteiger partial charge in [0.1, 0.15) is 0 Å². The van der Waals surface area contributed by atoms with Gasteiger partial charge in [-0.1, -0.05) is 46.5 Å². The number of nitro groups is 3. The van der Waals surface area contributed by atoms with Crippen molar-refractivity contribution >= 4 is 17.1 Å². The standard InChI is InChI=1S/C13H29NO.C6H3N3O7/c1-4-7-9-13(10-8-5-2)14-12(6-3)11-15;10-6-4(8(13)14)1-3(7(11)12)2-5(6)9(15)16/h12-15H,4-11H2,1-3H3;1-2,10H. The summed E-state index contributed by atoms with van der Waals surface area (Å²) in [5.74, 6) is -1.21. The molecule has 1 unspecified atom stereocenters. The van der Waals surface area contributed by atoms with E-state index in [1.807, 2.05) is 0 Å².